The number of nitrogens with zero attached hydrogens (tertiary/aromatic N) is 2. The number of thiophene rings is 1. The van der Waals surface area contributed by atoms with Gasteiger partial charge >= 0.3 is 0 Å². The summed E-state index contributed by atoms with van der Waals surface area (Å²) >= 11 is 1.44. The highest BCUT2D eigenvalue weighted by atomic mass is 32.1. The first-order valence-corrected chi connectivity index (χ1v) is 9.32. The van der Waals surface area contributed by atoms with Crippen LogP contribution < -0.4 is 0 Å². The summed E-state index contributed by atoms with van der Waals surface area (Å²) in [6.07, 6.45) is 1.90. The Labute approximate surface area is 161 Å². The van der Waals surface area contributed by atoms with Crippen LogP contribution >= 0.6 is 11.3 Å². The highest BCUT2D eigenvalue weighted by Crippen LogP contribution is 2.39. The second-order valence-electron chi connectivity index (χ2n) is 7.73. The third-order valence-electron chi connectivity index (χ3n) is 4.30. The average Bonchev–Trinajstić information content (AvgIpc) is 2.99. The SMILES string of the molecule is [2H]C([2H])([2H])c1ccc2c(n1)sc1c(-c3cc(CC(C)(C)C)c(F)cn3)cccc12. The van der Waals surface area contributed by atoms with E-state index < -0.39 is 6.85 Å². The van der Waals surface area contributed by atoms with Crippen LogP contribution in [0, 0.1) is 18.1 Å². The molecule has 0 spiro atoms. The summed E-state index contributed by atoms with van der Waals surface area (Å²) in [5, 5.41) is 1.91. The van der Waals surface area contributed by atoms with E-state index in [1.165, 1.54) is 17.5 Å². The molecule has 0 aliphatic heterocycles. The molecule has 0 N–H and O–H groups in total. The smallest absolute Gasteiger partial charge is 0.144 e. The Morgan fingerprint density at radius 2 is 2.00 bits per heavy atom. The normalized spacial score (nSPS) is 14.4. The van der Waals surface area contributed by atoms with Crippen LogP contribution in [0.4, 0.5) is 4.39 Å². The van der Waals surface area contributed by atoms with Crippen LogP contribution in [0.1, 0.15) is 36.1 Å². The number of halogens is 1. The number of aryl methyl sites for hydroxylation is 1. The molecule has 0 aliphatic rings. The summed E-state index contributed by atoms with van der Waals surface area (Å²) in [4.78, 5) is 9.39. The Bertz CT molecular complexity index is 1220. The van der Waals surface area contributed by atoms with E-state index in [1.807, 2.05) is 30.3 Å². The van der Waals surface area contributed by atoms with Gasteiger partial charge in [0.1, 0.15) is 10.6 Å². The van der Waals surface area contributed by atoms with Crippen LogP contribution in [0.5, 0.6) is 0 Å². The molecular formula is C22H21FN2S. The predicted octanol–water partition coefficient (Wildman–Crippen LogP) is 6.55. The van der Waals surface area contributed by atoms with Gasteiger partial charge in [0.15, 0.2) is 0 Å². The summed E-state index contributed by atoms with van der Waals surface area (Å²) in [5.74, 6) is -0.295. The van der Waals surface area contributed by atoms with Crippen molar-refractivity contribution in [2.24, 2.45) is 5.41 Å². The van der Waals surface area contributed by atoms with Crippen molar-refractivity contribution in [2.75, 3.05) is 0 Å². The molecule has 2 nitrogen and oxygen atoms in total. The zero-order valence-corrected chi connectivity index (χ0v) is 15.7. The predicted molar refractivity (Wildman–Crippen MR) is 108 cm³/mol. The third kappa shape index (κ3) is 3.10. The topological polar surface area (TPSA) is 25.8 Å². The molecular weight excluding hydrogens is 343 g/mol. The summed E-state index contributed by atoms with van der Waals surface area (Å²) in [6, 6.07) is 11.1. The summed E-state index contributed by atoms with van der Waals surface area (Å²) < 4.78 is 38.1. The first kappa shape index (κ1) is 13.8. The van der Waals surface area contributed by atoms with Crippen molar-refractivity contribution < 1.29 is 8.50 Å². The maximum atomic E-state index is 14.3. The van der Waals surface area contributed by atoms with Gasteiger partial charge in [0.25, 0.3) is 0 Å². The molecule has 3 aromatic heterocycles. The van der Waals surface area contributed by atoms with Gasteiger partial charge < -0.3 is 0 Å². The third-order valence-corrected chi connectivity index (χ3v) is 5.44. The second-order valence-corrected chi connectivity index (χ2v) is 8.73. The van der Waals surface area contributed by atoms with Gasteiger partial charge in [0, 0.05) is 30.8 Å². The molecule has 26 heavy (non-hydrogen) atoms. The van der Waals surface area contributed by atoms with Crippen molar-refractivity contribution in [3.05, 3.63) is 59.7 Å². The molecule has 0 fully saturated rings. The van der Waals surface area contributed by atoms with Gasteiger partial charge in [-0.2, -0.15) is 0 Å². The molecule has 3 heterocycles. The van der Waals surface area contributed by atoms with Crippen LogP contribution in [0.3, 0.4) is 0 Å². The Morgan fingerprint density at radius 1 is 1.15 bits per heavy atom. The molecule has 0 saturated heterocycles. The molecule has 1 aromatic carbocycles. The lowest BCUT2D eigenvalue weighted by Crippen LogP contribution is -2.11. The van der Waals surface area contributed by atoms with Gasteiger partial charge in [-0.05, 0) is 42.5 Å². The van der Waals surface area contributed by atoms with E-state index in [4.69, 9.17) is 4.11 Å². The Morgan fingerprint density at radius 3 is 2.77 bits per heavy atom. The van der Waals surface area contributed by atoms with Gasteiger partial charge in [-0.25, -0.2) is 9.37 Å². The fourth-order valence-corrected chi connectivity index (χ4v) is 4.41. The summed E-state index contributed by atoms with van der Waals surface area (Å²) in [7, 11) is 0. The van der Waals surface area contributed by atoms with Gasteiger partial charge in [-0.3, -0.25) is 4.98 Å². The first-order valence-electron chi connectivity index (χ1n) is 10.0. The zero-order chi connectivity index (χ0) is 21.0. The quantitative estimate of drug-likeness (QED) is 0.401. The molecule has 0 aliphatic carbocycles. The second kappa shape index (κ2) is 6.13. The molecule has 4 aromatic rings. The maximum Gasteiger partial charge on any atom is 0.144 e. The van der Waals surface area contributed by atoms with Gasteiger partial charge in [-0.1, -0.05) is 39.0 Å². The number of rotatable bonds is 2. The number of benzene rings is 1. The molecule has 4 heteroatoms. The molecule has 0 bridgehead atoms. The Kier molecular flexibility index (Phi) is 3.26. The van der Waals surface area contributed by atoms with Crippen molar-refractivity contribution in [2.45, 2.75) is 34.0 Å². The lowest BCUT2D eigenvalue weighted by Gasteiger charge is -2.19. The molecule has 0 atom stereocenters. The van der Waals surface area contributed by atoms with E-state index in [9.17, 15) is 4.39 Å². The van der Waals surface area contributed by atoms with Gasteiger partial charge in [0.05, 0.1) is 11.9 Å². The van der Waals surface area contributed by atoms with E-state index in [1.54, 1.807) is 6.07 Å². The molecule has 4 rings (SSSR count). The molecule has 132 valence electrons. The van der Waals surface area contributed by atoms with Crippen molar-refractivity contribution in [3.63, 3.8) is 0 Å². The van der Waals surface area contributed by atoms with Gasteiger partial charge in [0.2, 0.25) is 0 Å². The highest BCUT2D eigenvalue weighted by Gasteiger charge is 2.17. The van der Waals surface area contributed by atoms with Crippen LogP contribution in [0.2, 0.25) is 0 Å². The fraction of sp³-hybridized carbons (Fsp3) is 0.273. The fourth-order valence-electron chi connectivity index (χ4n) is 3.22. The number of fused-ring (bicyclic) bond motifs is 3. The van der Waals surface area contributed by atoms with Gasteiger partial charge in [-0.15, -0.1) is 11.3 Å². The van der Waals surface area contributed by atoms with Crippen molar-refractivity contribution >= 4 is 31.6 Å². The lowest BCUT2D eigenvalue weighted by atomic mass is 9.88. The summed E-state index contributed by atoms with van der Waals surface area (Å²) in [6.45, 7) is 3.99. The zero-order valence-electron chi connectivity index (χ0n) is 17.9. The van der Waals surface area contributed by atoms with Crippen LogP contribution in [0.15, 0.2) is 42.6 Å². The Balaban J connectivity index is 1.90. The van der Waals surface area contributed by atoms with E-state index in [2.05, 4.69) is 30.7 Å². The Hall–Kier alpha value is -2.33. The van der Waals surface area contributed by atoms with E-state index in [0.29, 0.717) is 22.5 Å². The minimum absolute atomic E-state index is 0.0430. The maximum absolute atomic E-state index is 14.3. The number of aromatic nitrogens is 2. The number of hydrogen-bond donors (Lipinski definition) is 0. The highest BCUT2D eigenvalue weighted by molar-refractivity contribution is 7.26. The monoisotopic (exact) mass is 367 g/mol. The van der Waals surface area contributed by atoms with E-state index in [-0.39, 0.29) is 16.9 Å². The van der Waals surface area contributed by atoms with Crippen molar-refractivity contribution in [1.29, 1.82) is 0 Å². The molecule has 0 radical (unpaired) electrons. The molecule has 0 unspecified atom stereocenters. The molecule has 0 saturated carbocycles. The number of pyridine rings is 2. The standard InChI is InChI=1S/C22H21FN2S/c1-13-8-9-16-15-6-5-7-17(20(15)26-21(16)25-13)19-10-14(11-22(2,3)4)18(23)12-24-19/h5-10,12H,11H2,1-4H3/i1D3. The van der Waals surface area contributed by atoms with Crippen LogP contribution in [0.25, 0.3) is 31.6 Å². The lowest BCUT2D eigenvalue weighted by molar-refractivity contribution is 0.402. The minimum atomic E-state index is -2.24. The number of hydrogen-bond acceptors (Lipinski definition) is 3. The molecule has 0 amide bonds. The van der Waals surface area contributed by atoms with Crippen LogP contribution in [-0.2, 0) is 6.42 Å². The minimum Gasteiger partial charge on any atom is -0.253 e. The van der Waals surface area contributed by atoms with E-state index >= 15 is 0 Å². The average molecular weight is 368 g/mol. The van der Waals surface area contributed by atoms with Crippen molar-refractivity contribution in [1.82, 2.24) is 9.97 Å². The summed E-state index contributed by atoms with van der Waals surface area (Å²) in [5.41, 5.74) is 2.29. The van der Waals surface area contributed by atoms with Crippen molar-refractivity contribution in [3.8, 4) is 11.3 Å². The largest absolute Gasteiger partial charge is 0.253 e. The first-order chi connectivity index (χ1) is 13.5. The van der Waals surface area contributed by atoms with Crippen LogP contribution in [-0.4, -0.2) is 9.97 Å². The van der Waals surface area contributed by atoms with E-state index in [0.717, 1.165) is 21.0 Å².